The van der Waals surface area contributed by atoms with E-state index >= 15 is 0 Å². The first kappa shape index (κ1) is 11.7. The van der Waals surface area contributed by atoms with Crippen molar-refractivity contribution in [3.63, 3.8) is 0 Å². The number of ether oxygens (including phenoxy) is 2. The zero-order chi connectivity index (χ0) is 12.1. The summed E-state index contributed by atoms with van der Waals surface area (Å²) >= 11 is 5.86. The molecule has 0 unspecified atom stereocenters. The summed E-state index contributed by atoms with van der Waals surface area (Å²) in [6.45, 7) is 0.386. The maximum absolute atomic E-state index is 5.86. The van der Waals surface area contributed by atoms with E-state index < -0.39 is 0 Å². The molecule has 0 radical (unpaired) electrons. The first-order valence-corrected chi connectivity index (χ1v) is 5.54. The fraction of sp³-hybridized carbons (Fsp3) is 0.154. The Labute approximate surface area is 105 Å². The monoisotopic (exact) mass is 249 g/mol. The van der Waals surface area contributed by atoms with Gasteiger partial charge in [-0.05, 0) is 24.3 Å². The van der Waals surface area contributed by atoms with Gasteiger partial charge in [0, 0.05) is 11.1 Å². The van der Waals surface area contributed by atoms with Gasteiger partial charge in [0.1, 0.15) is 12.4 Å². The summed E-state index contributed by atoms with van der Waals surface area (Å²) < 4.78 is 10.6. The van der Waals surface area contributed by atoms with Crippen LogP contribution in [0.15, 0.2) is 42.5 Å². The van der Waals surface area contributed by atoms with E-state index in [0.717, 1.165) is 11.4 Å². The summed E-state index contributed by atoms with van der Waals surface area (Å²) in [5.41, 5.74) is 0.810. The van der Waals surface area contributed by atoms with Gasteiger partial charge in [-0.2, -0.15) is 0 Å². The molecule has 0 aliphatic heterocycles. The van der Waals surface area contributed by atoms with E-state index in [-0.39, 0.29) is 0 Å². The van der Waals surface area contributed by atoms with Gasteiger partial charge in [0.15, 0.2) is 0 Å². The van der Waals surface area contributed by atoms with E-state index in [2.05, 4.69) is 4.98 Å². The van der Waals surface area contributed by atoms with Crippen molar-refractivity contribution in [2.45, 2.75) is 6.61 Å². The molecule has 0 saturated carbocycles. The highest BCUT2D eigenvalue weighted by molar-refractivity contribution is 6.30. The van der Waals surface area contributed by atoms with Crippen molar-refractivity contribution in [3.05, 3.63) is 53.2 Å². The minimum Gasteiger partial charge on any atom is -0.487 e. The molecular weight excluding hydrogens is 238 g/mol. The van der Waals surface area contributed by atoms with E-state index in [1.165, 1.54) is 0 Å². The van der Waals surface area contributed by atoms with Crippen LogP contribution in [0.2, 0.25) is 5.02 Å². The third-order valence-electron chi connectivity index (χ3n) is 2.17. The number of methoxy groups -OCH3 is 1. The molecule has 1 heterocycles. The molecule has 17 heavy (non-hydrogen) atoms. The van der Waals surface area contributed by atoms with Crippen molar-refractivity contribution in [2.24, 2.45) is 0 Å². The highest BCUT2D eigenvalue weighted by atomic mass is 35.5. The number of hydrogen-bond acceptors (Lipinski definition) is 3. The molecule has 4 heteroatoms. The zero-order valence-electron chi connectivity index (χ0n) is 9.39. The molecule has 0 aliphatic rings. The predicted molar refractivity (Wildman–Crippen MR) is 66.6 cm³/mol. The van der Waals surface area contributed by atoms with E-state index in [4.69, 9.17) is 21.1 Å². The van der Waals surface area contributed by atoms with Gasteiger partial charge in [-0.25, -0.2) is 4.98 Å². The van der Waals surface area contributed by atoms with E-state index in [0.29, 0.717) is 17.5 Å². The molecule has 2 aromatic rings. The molecule has 1 aromatic carbocycles. The molecule has 0 atom stereocenters. The molecule has 0 amide bonds. The second-order valence-corrected chi connectivity index (χ2v) is 3.85. The Balaban J connectivity index is 2.02. The van der Waals surface area contributed by atoms with Crippen LogP contribution in [0.1, 0.15) is 5.69 Å². The van der Waals surface area contributed by atoms with Crippen LogP contribution in [0.25, 0.3) is 0 Å². The van der Waals surface area contributed by atoms with Gasteiger partial charge in [-0.1, -0.05) is 23.7 Å². The number of halogens is 1. The maximum Gasteiger partial charge on any atom is 0.213 e. The standard InChI is InChI=1S/C13H12ClNO2/c1-16-13-7-3-5-11(15-13)9-17-12-6-2-4-10(14)8-12/h2-8H,9H2,1H3. The predicted octanol–water partition coefficient (Wildman–Crippen LogP) is 3.32. The number of pyridine rings is 1. The first-order chi connectivity index (χ1) is 8.28. The van der Waals surface area contributed by atoms with E-state index in [1.54, 1.807) is 25.3 Å². The fourth-order valence-electron chi connectivity index (χ4n) is 1.37. The van der Waals surface area contributed by atoms with Crippen LogP contribution in [0.4, 0.5) is 0 Å². The number of aromatic nitrogens is 1. The lowest BCUT2D eigenvalue weighted by atomic mass is 10.3. The summed E-state index contributed by atoms with van der Waals surface area (Å²) in [7, 11) is 1.59. The highest BCUT2D eigenvalue weighted by Gasteiger charge is 1.99. The summed E-state index contributed by atoms with van der Waals surface area (Å²) in [6, 6.07) is 12.8. The molecule has 3 nitrogen and oxygen atoms in total. The lowest BCUT2D eigenvalue weighted by Crippen LogP contribution is -1.99. The van der Waals surface area contributed by atoms with Crippen LogP contribution in [0.5, 0.6) is 11.6 Å². The third-order valence-corrected chi connectivity index (χ3v) is 2.41. The molecule has 0 fully saturated rings. The zero-order valence-corrected chi connectivity index (χ0v) is 10.1. The van der Waals surface area contributed by atoms with Crippen LogP contribution >= 0.6 is 11.6 Å². The Morgan fingerprint density at radius 3 is 2.76 bits per heavy atom. The normalized spacial score (nSPS) is 10.0. The largest absolute Gasteiger partial charge is 0.487 e. The van der Waals surface area contributed by atoms with Crippen LogP contribution in [0.3, 0.4) is 0 Å². The number of hydrogen-bond donors (Lipinski definition) is 0. The fourth-order valence-corrected chi connectivity index (χ4v) is 1.55. The summed E-state index contributed by atoms with van der Waals surface area (Å²) in [5, 5.41) is 0.654. The van der Waals surface area contributed by atoms with Crippen molar-refractivity contribution in [1.82, 2.24) is 4.98 Å². The topological polar surface area (TPSA) is 31.4 Å². The van der Waals surface area contributed by atoms with Crippen LogP contribution < -0.4 is 9.47 Å². The van der Waals surface area contributed by atoms with Crippen LogP contribution in [0, 0.1) is 0 Å². The van der Waals surface area contributed by atoms with Gasteiger partial charge in [0.2, 0.25) is 5.88 Å². The maximum atomic E-state index is 5.86. The Kier molecular flexibility index (Phi) is 3.83. The molecule has 0 bridgehead atoms. The smallest absolute Gasteiger partial charge is 0.213 e. The van der Waals surface area contributed by atoms with Crippen molar-refractivity contribution >= 4 is 11.6 Å². The second-order valence-electron chi connectivity index (χ2n) is 3.42. The number of benzene rings is 1. The number of nitrogens with zero attached hydrogens (tertiary/aromatic N) is 1. The van der Waals surface area contributed by atoms with Crippen molar-refractivity contribution in [2.75, 3.05) is 7.11 Å². The molecule has 88 valence electrons. The van der Waals surface area contributed by atoms with Crippen LogP contribution in [-0.2, 0) is 6.61 Å². The molecule has 2 rings (SSSR count). The minimum atomic E-state index is 0.386. The molecule has 0 spiro atoms. The quantitative estimate of drug-likeness (QED) is 0.833. The molecule has 0 saturated heterocycles. The average Bonchev–Trinajstić information content (AvgIpc) is 2.37. The Bertz CT molecular complexity index is 502. The van der Waals surface area contributed by atoms with Crippen molar-refractivity contribution in [3.8, 4) is 11.6 Å². The van der Waals surface area contributed by atoms with Crippen molar-refractivity contribution < 1.29 is 9.47 Å². The van der Waals surface area contributed by atoms with Gasteiger partial charge in [-0.3, -0.25) is 0 Å². The first-order valence-electron chi connectivity index (χ1n) is 5.16. The lowest BCUT2D eigenvalue weighted by Gasteiger charge is -2.06. The van der Waals surface area contributed by atoms with E-state index in [9.17, 15) is 0 Å². The van der Waals surface area contributed by atoms with Gasteiger partial charge in [-0.15, -0.1) is 0 Å². The third kappa shape index (κ3) is 3.36. The van der Waals surface area contributed by atoms with Gasteiger partial charge >= 0.3 is 0 Å². The summed E-state index contributed by atoms with van der Waals surface area (Å²) in [5.74, 6) is 1.30. The lowest BCUT2D eigenvalue weighted by molar-refractivity contribution is 0.298. The molecule has 1 aromatic heterocycles. The van der Waals surface area contributed by atoms with E-state index in [1.807, 2.05) is 24.3 Å². The average molecular weight is 250 g/mol. The second kappa shape index (κ2) is 5.55. The number of rotatable bonds is 4. The summed E-state index contributed by atoms with van der Waals surface area (Å²) in [4.78, 5) is 4.25. The molecular formula is C13H12ClNO2. The van der Waals surface area contributed by atoms with Gasteiger partial charge < -0.3 is 9.47 Å². The Morgan fingerprint density at radius 1 is 1.18 bits per heavy atom. The molecule has 0 aliphatic carbocycles. The van der Waals surface area contributed by atoms with Crippen LogP contribution in [-0.4, -0.2) is 12.1 Å². The van der Waals surface area contributed by atoms with Crippen molar-refractivity contribution in [1.29, 1.82) is 0 Å². The van der Waals surface area contributed by atoms with Gasteiger partial charge in [0.05, 0.1) is 12.8 Å². The summed E-state index contributed by atoms with van der Waals surface area (Å²) in [6.07, 6.45) is 0. The Morgan fingerprint density at radius 2 is 2.00 bits per heavy atom. The SMILES string of the molecule is COc1cccc(COc2cccc(Cl)c2)n1. The minimum absolute atomic E-state index is 0.386. The molecule has 0 N–H and O–H groups in total. The highest BCUT2D eigenvalue weighted by Crippen LogP contribution is 2.18. The Hall–Kier alpha value is -1.74. The van der Waals surface area contributed by atoms with Gasteiger partial charge in [0.25, 0.3) is 0 Å².